The molecule has 0 saturated carbocycles. The average Bonchev–Trinajstić information content (AvgIpc) is 2.04. The fraction of sp³-hybridized carbons (Fsp3) is 0.125. The predicted molar refractivity (Wildman–Crippen MR) is 45.0 cm³/mol. The molecule has 0 unspecified atom stereocenters. The molecule has 0 fully saturated rings. The lowest BCUT2D eigenvalue weighted by atomic mass is 10.2. The molecule has 0 atom stereocenters. The second-order valence-electron chi connectivity index (χ2n) is 1.88. The summed E-state index contributed by atoms with van der Waals surface area (Å²) in [4.78, 5) is 8.00. The molecular weight excluding hydrogens is 164 g/mol. The van der Waals surface area contributed by atoms with E-state index in [1.807, 2.05) is 6.79 Å². The molecule has 0 bridgehead atoms. The molecule has 0 radical (unpaired) electrons. The third kappa shape index (κ3) is 2.60. The average molecular weight is 173 g/mol. The van der Waals surface area contributed by atoms with Gasteiger partial charge in [0.25, 0.3) is 0 Å². The van der Waals surface area contributed by atoms with Crippen LogP contribution in [0.2, 0.25) is 5.02 Å². The summed E-state index contributed by atoms with van der Waals surface area (Å²) < 4.78 is 0. The second kappa shape index (κ2) is 4.74. The first-order valence-electron chi connectivity index (χ1n) is 2.95. The second-order valence-corrected chi connectivity index (χ2v) is 2.29. The maximum Gasteiger partial charge on any atom is 0.119 e. The number of aromatic hydroxyl groups is 1. The van der Waals surface area contributed by atoms with Gasteiger partial charge in [0.05, 0.1) is 0 Å². The van der Waals surface area contributed by atoms with Crippen LogP contribution in [0.15, 0.2) is 18.2 Å². The highest BCUT2D eigenvalue weighted by atomic mass is 35.5. The van der Waals surface area contributed by atoms with Crippen LogP contribution in [0.1, 0.15) is 5.56 Å². The van der Waals surface area contributed by atoms with Crippen molar-refractivity contribution in [2.75, 3.05) is 0 Å². The largest absolute Gasteiger partial charge is 0.508 e. The molecule has 0 aliphatic heterocycles. The number of carbonyl (C=O) groups is 1. The van der Waals surface area contributed by atoms with Gasteiger partial charge in [-0.3, -0.25) is 0 Å². The smallest absolute Gasteiger partial charge is 0.119 e. The lowest BCUT2D eigenvalue weighted by molar-refractivity contribution is -0.0979. The maximum atomic E-state index is 9.02. The molecule has 0 amide bonds. The van der Waals surface area contributed by atoms with E-state index >= 15 is 0 Å². The molecule has 1 rings (SSSR count). The van der Waals surface area contributed by atoms with E-state index < -0.39 is 0 Å². The Balaban J connectivity index is 0.000000461. The molecule has 60 valence electrons. The summed E-state index contributed by atoms with van der Waals surface area (Å²) in [6.07, 6.45) is 0. The Labute approximate surface area is 70.4 Å². The molecule has 1 aromatic carbocycles. The monoisotopic (exact) mass is 172 g/mol. The van der Waals surface area contributed by atoms with Crippen LogP contribution in [-0.2, 0) is 4.79 Å². The summed E-state index contributed by atoms with van der Waals surface area (Å²) in [5.74, 6) is 0.252. The molecule has 2 nitrogen and oxygen atoms in total. The molecule has 11 heavy (non-hydrogen) atoms. The van der Waals surface area contributed by atoms with Gasteiger partial charge in [-0.15, -0.1) is 0 Å². The van der Waals surface area contributed by atoms with Crippen LogP contribution in [0, 0.1) is 6.92 Å². The van der Waals surface area contributed by atoms with Crippen molar-refractivity contribution >= 4 is 18.4 Å². The van der Waals surface area contributed by atoms with Crippen molar-refractivity contribution < 1.29 is 9.90 Å². The van der Waals surface area contributed by atoms with Gasteiger partial charge in [0.2, 0.25) is 0 Å². The summed E-state index contributed by atoms with van der Waals surface area (Å²) in [6, 6.07) is 5.07. The molecule has 0 heterocycles. The number of hydrogen-bond donors (Lipinski definition) is 1. The zero-order chi connectivity index (χ0) is 8.85. The van der Waals surface area contributed by atoms with E-state index in [9.17, 15) is 0 Å². The topological polar surface area (TPSA) is 37.3 Å². The molecule has 0 saturated heterocycles. The van der Waals surface area contributed by atoms with Crippen molar-refractivity contribution in [3.63, 3.8) is 0 Å². The molecule has 1 N–H and O–H groups in total. The van der Waals surface area contributed by atoms with Crippen LogP contribution in [0.3, 0.4) is 0 Å². The van der Waals surface area contributed by atoms with E-state index in [0.29, 0.717) is 5.02 Å². The number of hydrogen-bond acceptors (Lipinski definition) is 2. The molecular formula is C8H9ClO2. The zero-order valence-electron chi connectivity index (χ0n) is 6.17. The summed E-state index contributed by atoms with van der Waals surface area (Å²) >= 11 is 5.65. The quantitative estimate of drug-likeness (QED) is 0.651. The predicted octanol–water partition coefficient (Wildman–Crippen LogP) is 2.17. The minimum absolute atomic E-state index is 0.252. The first-order chi connectivity index (χ1) is 5.22. The minimum atomic E-state index is 0.252. The van der Waals surface area contributed by atoms with E-state index in [0.717, 1.165) is 5.56 Å². The highest BCUT2D eigenvalue weighted by Gasteiger charge is 1.96. The standard InChI is InChI=1S/C7H7ClO.CH2O/c1-5-6(8)3-2-4-7(5)9;1-2/h2-4,9H,1H3;1H2. The first kappa shape index (κ1) is 9.98. The fourth-order valence-corrected chi connectivity index (χ4v) is 0.766. The van der Waals surface area contributed by atoms with Crippen molar-refractivity contribution in [3.05, 3.63) is 28.8 Å². The van der Waals surface area contributed by atoms with E-state index in [2.05, 4.69) is 0 Å². The third-order valence-electron chi connectivity index (χ3n) is 1.24. The summed E-state index contributed by atoms with van der Waals surface area (Å²) in [7, 11) is 0. The van der Waals surface area contributed by atoms with Gasteiger partial charge in [0, 0.05) is 10.6 Å². The van der Waals surface area contributed by atoms with E-state index in [-0.39, 0.29) is 5.75 Å². The van der Waals surface area contributed by atoms with Gasteiger partial charge in [0.1, 0.15) is 12.5 Å². The van der Waals surface area contributed by atoms with Crippen LogP contribution < -0.4 is 0 Å². The lowest BCUT2D eigenvalue weighted by Crippen LogP contribution is -1.73. The molecule has 1 aromatic rings. The highest BCUT2D eigenvalue weighted by molar-refractivity contribution is 6.31. The Bertz CT molecular complexity index is 215. The van der Waals surface area contributed by atoms with Crippen LogP contribution in [0.25, 0.3) is 0 Å². The van der Waals surface area contributed by atoms with Crippen LogP contribution in [-0.4, -0.2) is 11.9 Å². The van der Waals surface area contributed by atoms with Crippen LogP contribution in [0.4, 0.5) is 0 Å². The molecule has 0 aromatic heterocycles. The molecule has 0 spiro atoms. The number of benzene rings is 1. The van der Waals surface area contributed by atoms with E-state index in [1.54, 1.807) is 25.1 Å². The third-order valence-corrected chi connectivity index (χ3v) is 1.65. The van der Waals surface area contributed by atoms with Crippen molar-refractivity contribution in [3.8, 4) is 5.75 Å². The number of phenolic OH excluding ortho intramolecular Hbond substituents is 1. The normalized spacial score (nSPS) is 8.18. The van der Waals surface area contributed by atoms with Crippen molar-refractivity contribution in [2.45, 2.75) is 6.92 Å². The van der Waals surface area contributed by atoms with Crippen molar-refractivity contribution in [2.24, 2.45) is 0 Å². The Hall–Kier alpha value is -1.02. The van der Waals surface area contributed by atoms with Crippen LogP contribution >= 0.6 is 11.6 Å². The van der Waals surface area contributed by atoms with Crippen molar-refractivity contribution in [1.82, 2.24) is 0 Å². The van der Waals surface area contributed by atoms with Gasteiger partial charge in [0.15, 0.2) is 0 Å². The van der Waals surface area contributed by atoms with Gasteiger partial charge >= 0.3 is 0 Å². The zero-order valence-corrected chi connectivity index (χ0v) is 6.93. The number of phenols is 1. The van der Waals surface area contributed by atoms with Gasteiger partial charge in [-0.25, -0.2) is 0 Å². The Morgan fingerprint density at radius 1 is 1.45 bits per heavy atom. The number of carbonyl (C=O) groups excluding carboxylic acids is 1. The van der Waals surface area contributed by atoms with Crippen molar-refractivity contribution in [1.29, 1.82) is 0 Å². The van der Waals surface area contributed by atoms with Gasteiger partial charge < -0.3 is 9.90 Å². The Kier molecular flexibility index (Phi) is 4.30. The van der Waals surface area contributed by atoms with Gasteiger partial charge in [-0.1, -0.05) is 17.7 Å². The SMILES string of the molecule is C=O.Cc1c(O)cccc1Cl. The molecule has 0 aliphatic rings. The minimum Gasteiger partial charge on any atom is -0.508 e. The summed E-state index contributed by atoms with van der Waals surface area (Å²) in [5.41, 5.74) is 0.735. The summed E-state index contributed by atoms with van der Waals surface area (Å²) in [5, 5.41) is 9.62. The fourth-order valence-electron chi connectivity index (χ4n) is 0.596. The molecule has 3 heteroatoms. The van der Waals surface area contributed by atoms with Gasteiger partial charge in [-0.2, -0.15) is 0 Å². The lowest BCUT2D eigenvalue weighted by Gasteiger charge is -1.97. The van der Waals surface area contributed by atoms with Crippen LogP contribution in [0.5, 0.6) is 5.75 Å². The van der Waals surface area contributed by atoms with E-state index in [4.69, 9.17) is 21.5 Å². The molecule has 0 aliphatic carbocycles. The summed E-state index contributed by atoms with van der Waals surface area (Å²) in [6.45, 7) is 3.78. The van der Waals surface area contributed by atoms with Gasteiger partial charge in [-0.05, 0) is 19.1 Å². The number of halogens is 1. The Morgan fingerprint density at radius 2 is 2.00 bits per heavy atom. The first-order valence-corrected chi connectivity index (χ1v) is 3.32. The van der Waals surface area contributed by atoms with E-state index in [1.165, 1.54) is 0 Å². The Morgan fingerprint density at radius 3 is 2.36 bits per heavy atom. The number of rotatable bonds is 0. The maximum absolute atomic E-state index is 9.02. The highest BCUT2D eigenvalue weighted by Crippen LogP contribution is 2.22.